The molecule has 0 spiro atoms. The van der Waals surface area contributed by atoms with E-state index >= 15 is 0 Å². The van der Waals surface area contributed by atoms with Crippen LogP contribution in [0.5, 0.6) is 0 Å². The maximum atomic E-state index is 14.2. The van der Waals surface area contributed by atoms with E-state index in [-0.39, 0.29) is 17.7 Å². The van der Waals surface area contributed by atoms with Gasteiger partial charge in [0.05, 0.1) is 0 Å². The van der Waals surface area contributed by atoms with Crippen molar-refractivity contribution in [3.8, 4) is 0 Å². The molecular formula is C17H19F2N. The third-order valence-corrected chi connectivity index (χ3v) is 3.38. The molecule has 2 aromatic rings. The minimum absolute atomic E-state index is 0.151. The van der Waals surface area contributed by atoms with Crippen LogP contribution in [0.4, 0.5) is 8.78 Å². The molecule has 0 radical (unpaired) electrons. The van der Waals surface area contributed by atoms with E-state index in [0.717, 1.165) is 12.1 Å². The molecule has 2 aromatic carbocycles. The first kappa shape index (κ1) is 14.7. The van der Waals surface area contributed by atoms with Crippen molar-refractivity contribution in [3.63, 3.8) is 0 Å². The zero-order chi connectivity index (χ0) is 14.5. The lowest BCUT2D eigenvalue weighted by atomic mass is 9.97. The molecule has 0 fully saturated rings. The summed E-state index contributed by atoms with van der Waals surface area (Å²) in [6, 6.07) is 11.7. The maximum absolute atomic E-state index is 14.2. The van der Waals surface area contributed by atoms with E-state index < -0.39 is 0 Å². The van der Waals surface area contributed by atoms with Gasteiger partial charge in [-0.1, -0.05) is 37.3 Å². The zero-order valence-corrected chi connectivity index (χ0v) is 11.8. The second-order valence-corrected chi connectivity index (χ2v) is 4.92. The minimum atomic E-state index is -0.262. The monoisotopic (exact) mass is 275 g/mol. The van der Waals surface area contributed by atoms with Crippen LogP contribution in [0.1, 0.15) is 29.7 Å². The summed E-state index contributed by atoms with van der Waals surface area (Å²) in [5, 5.41) is 3.27. The molecule has 0 saturated carbocycles. The number of likely N-dealkylation sites (N-methyl/N-ethyl adjacent to an activating group) is 1. The van der Waals surface area contributed by atoms with Gasteiger partial charge >= 0.3 is 0 Å². The molecule has 0 aromatic heterocycles. The van der Waals surface area contributed by atoms with Gasteiger partial charge in [-0.3, -0.25) is 0 Å². The lowest BCUT2D eigenvalue weighted by Crippen LogP contribution is -2.24. The highest BCUT2D eigenvalue weighted by Gasteiger charge is 2.16. The Bertz CT molecular complexity index is 581. The fraction of sp³-hybridized carbons (Fsp3) is 0.294. The fourth-order valence-corrected chi connectivity index (χ4v) is 2.38. The Morgan fingerprint density at radius 2 is 1.85 bits per heavy atom. The fourth-order valence-electron chi connectivity index (χ4n) is 2.38. The van der Waals surface area contributed by atoms with Crippen LogP contribution in [0, 0.1) is 18.6 Å². The Labute approximate surface area is 118 Å². The SMILES string of the molecule is CCNC(Cc1cccc(F)c1)c1cccc(C)c1F. The number of nitrogens with one attached hydrogen (secondary N) is 1. The number of aryl methyl sites for hydroxylation is 1. The highest BCUT2D eigenvalue weighted by molar-refractivity contribution is 5.29. The topological polar surface area (TPSA) is 12.0 Å². The van der Waals surface area contributed by atoms with Crippen LogP contribution in [-0.2, 0) is 6.42 Å². The molecule has 1 unspecified atom stereocenters. The lowest BCUT2D eigenvalue weighted by molar-refractivity contribution is 0.506. The number of benzene rings is 2. The molecule has 0 aliphatic carbocycles. The maximum Gasteiger partial charge on any atom is 0.130 e. The van der Waals surface area contributed by atoms with Crippen molar-refractivity contribution in [3.05, 3.63) is 70.8 Å². The average molecular weight is 275 g/mol. The Morgan fingerprint density at radius 3 is 2.55 bits per heavy atom. The molecule has 20 heavy (non-hydrogen) atoms. The molecule has 106 valence electrons. The third-order valence-electron chi connectivity index (χ3n) is 3.38. The molecule has 3 heteroatoms. The molecular weight excluding hydrogens is 256 g/mol. The van der Waals surface area contributed by atoms with Crippen LogP contribution in [0.25, 0.3) is 0 Å². The Hall–Kier alpha value is -1.74. The van der Waals surface area contributed by atoms with Crippen molar-refractivity contribution < 1.29 is 8.78 Å². The normalized spacial score (nSPS) is 12.4. The summed E-state index contributed by atoms with van der Waals surface area (Å²) in [6.07, 6.45) is 0.561. The summed E-state index contributed by atoms with van der Waals surface area (Å²) in [5.74, 6) is -0.447. The standard InChI is InChI=1S/C17H19F2N/c1-3-20-16(11-13-7-5-8-14(18)10-13)15-9-4-6-12(2)17(15)19/h4-10,16,20H,3,11H2,1-2H3. The van der Waals surface area contributed by atoms with Gasteiger partial charge in [-0.05, 0) is 43.1 Å². The van der Waals surface area contributed by atoms with Crippen molar-refractivity contribution in [2.24, 2.45) is 0 Å². The van der Waals surface area contributed by atoms with Gasteiger partial charge < -0.3 is 5.32 Å². The van der Waals surface area contributed by atoms with Crippen LogP contribution >= 0.6 is 0 Å². The second kappa shape index (κ2) is 6.62. The first-order chi connectivity index (χ1) is 9.61. The molecule has 0 heterocycles. The van der Waals surface area contributed by atoms with Crippen molar-refractivity contribution in [2.45, 2.75) is 26.3 Å². The van der Waals surface area contributed by atoms with E-state index in [4.69, 9.17) is 0 Å². The van der Waals surface area contributed by atoms with Gasteiger partial charge in [0.1, 0.15) is 11.6 Å². The minimum Gasteiger partial charge on any atom is -0.310 e. The van der Waals surface area contributed by atoms with Gasteiger partial charge in [-0.15, -0.1) is 0 Å². The van der Waals surface area contributed by atoms with Crippen molar-refractivity contribution >= 4 is 0 Å². The number of rotatable bonds is 5. The first-order valence-corrected chi connectivity index (χ1v) is 6.84. The van der Waals surface area contributed by atoms with E-state index in [1.807, 2.05) is 19.1 Å². The predicted octanol–water partition coefficient (Wildman–Crippen LogP) is 4.17. The van der Waals surface area contributed by atoms with E-state index in [9.17, 15) is 8.78 Å². The van der Waals surface area contributed by atoms with E-state index in [2.05, 4.69) is 5.32 Å². The summed E-state index contributed by atoms with van der Waals surface area (Å²) in [5.41, 5.74) is 2.12. The summed E-state index contributed by atoms with van der Waals surface area (Å²) in [6.45, 7) is 4.46. The van der Waals surface area contributed by atoms with Gasteiger partial charge in [0.2, 0.25) is 0 Å². The summed E-state index contributed by atoms with van der Waals surface area (Å²) >= 11 is 0. The van der Waals surface area contributed by atoms with E-state index in [1.54, 1.807) is 25.1 Å². The highest BCUT2D eigenvalue weighted by Crippen LogP contribution is 2.23. The summed E-state index contributed by atoms with van der Waals surface area (Å²) in [7, 11) is 0. The third kappa shape index (κ3) is 3.42. The van der Waals surface area contributed by atoms with Gasteiger partial charge in [-0.2, -0.15) is 0 Å². The van der Waals surface area contributed by atoms with Crippen LogP contribution in [0.2, 0.25) is 0 Å². The van der Waals surface area contributed by atoms with Crippen LogP contribution < -0.4 is 5.32 Å². The quantitative estimate of drug-likeness (QED) is 0.863. The summed E-state index contributed by atoms with van der Waals surface area (Å²) in [4.78, 5) is 0. The van der Waals surface area contributed by atoms with Gasteiger partial charge in [0.25, 0.3) is 0 Å². The molecule has 0 aliphatic rings. The second-order valence-electron chi connectivity index (χ2n) is 4.92. The number of halogens is 2. The van der Waals surface area contributed by atoms with Gasteiger partial charge in [-0.25, -0.2) is 8.78 Å². The van der Waals surface area contributed by atoms with Crippen LogP contribution in [-0.4, -0.2) is 6.54 Å². The van der Waals surface area contributed by atoms with Crippen molar-refractivity contribution in [2.75, 3.05) is 6.54 Å². The zero-order valence-electron chi connectivity index (χ0n) is 11.8. The number of hydrogen-bond acceptors (Lipinski definition) is 1. The van der Waals surface area contributed by atoms with Crippen molar-refractivity contribution in [1.29, 1.82) is 0 Å². The Balaban J connectivity index is 2.29. The molecule has 1 N–H and O–H groups in total. The lowest BCUT2D eigenvalue weighted by Gasteiger charge is -2.20. The Morgan fingerprint density at radius 1 is 1.10 bits per heavy atom. The van der Waals surface area contributed by atoms with E-state index in [0.29, 0.717) is 17.5 Å². The molecule has 0 bridgehead atoms. The van der Waals surface area contributed by atoms with Gasteiger partial charge in [0.15, 0.2) is 0 Å². The molecule has 0 saturated heterocycles. The largest absolute Gasteiger partial charge is 0.310 e. The number of hydrogen-bond donors (Lipinski definition) is 1. The molecule has 2 rings (SSSR count). The van der Waals surface area contributed by atoms with E-state index in [1.165, 1.54) is 12.1 Å². The van der Waals surface area contributed by atoms with Gasteiger partial charge in [0, 0.05) is 11.6 Å². The molecule has 0 amide bonds. The first-order valence-electron chi connectivity index (χ1n) is 6.84. The predicted molar refractivity (Wildman–Crippen MR) is 77.7 cm³/mol. The molecule has 1 atom stereocenters. The molecule has 1 nitrogen and oxygen atoms in total. The summed E-state index contributed by atoms with van der Waals surface area (Å²) < 4.78 is 27.5. The molecule has 0 aliphatic heterocycles. The van der Waals surface area contributed by atoms with Crippen molar-refractivity contribution in [1.82, 2.24) is 5.32 Å². The van der Waals surface area contributed by atoms with Crippen LogP contribution in [0.3, 0.4) is 0 Å². The smallest absolute Gasteiger partial charge is 0.130 e. The van der Waals surface area contributed by atoms with Crippen LogP contribution in [0.15, 0.2) is 42.5 Å². The Kier molecular flexibility index (Phi) is 4.85. The average Bonchev–Trinajstić information content (AvgIpc) is 2.42. The highest BCUT2D eigenvalue weighted by atomic mass is 19.1.